The summed E-state index contributed by atoms with van der Waals surface area (Å²) in [4.78, 5) is 15.2. The lowest BCUT2D eigenvalue weighted by atomic mass is 10.2. The highest BCUT2D eigenvalue weighted by molar-refractivity contribution is 9.09. The SMILES string of the molecule is O=C(NCCCCCCBr)c1cncc(F)c1. The Morgan fingerprint density at radius 3 is 2.76 bits per heavy atom. The van der Waals surface area contributed by atoms with Crippen LogP contribution in [0.3, 0.4) is 0 Å². The highest BCUT2D eigenvalue weighted by atomic mass is 79.9. The lowest BCUT2D eigenvalue weighted by Gasteiger charge is -2.04. The number of nitrogens with zero attached hydrogens (tertiary/aromatic N) is 1. The Balaban J connectivity index is 2.21. The molecule has 1 N–H and O–H groups in total. The van der Waals surface area contributed by atoms with Crippen molar-refractivity contribution in [3.8, 4) is 0 Å². The Bertz CT molecular complexity index is 360. The third-order valence-electron chi connectivity index (χ3n) is 2.31. The van der Waals surface area contributed by atoms with E-state index in [1.54, 1.807) is 0 Å². The first-order valence-electron chi connectivity index (χ1n) is 5.69. The number of aromatic nitrogens is 1. The summed E-state index contributed by atoms with van der Waals surface area (Å²) in [5.74, 6) is -0.757. The molecule has 1 aromatic rings. The van der Waals surface area contributed by atoms with Crippen molar-refractivity contribution in [3.63, 3.8) is 0 Å². The second-order valence-electron chi connectivity index (χ2n) is 3.75. The van der Waals surface area contributed by atoms with E-state index in [1.165, 1.54) is 12.3 Å². The summed E-state index contributed by atoms with van der Waals surface area (Å²) in [5.41, 5.74) is 0.269. The van der Waals surface area contributed by atoms with Crippen LogP contribution in [0.1, 0.15) is 36.0 Å². The summed E-state index contributed by atoms with van der Waals surface area (Å²) >= 11 is 3.37. The Morgan fingerprint density at radius 2 is 2.06 bits per heavy atom. The molecule has 0 spiro atoms. The smallest absolute Gasteiger partial charge is 0.252 e. The maximum Gasteiger partial charge on any atom is 0.252 e. The Morgan fingerprint density at radius 1 is 1.29 bits per heavy atom. The van der Waals surface area contributed by atoms with Crippen molar-refractivity contribution in [2.75, 3.05) is 11.9 Å². The van der Waals surface area contributed by atoms with E-state index in [0.717, 1.165) is 37.2 Å². The highest BCUT2D eigenvalue weighted by Crippen LogP contribution is 2.02. The average molecular weight is 303 g/mol. The second kappa shape index (κ2) is 8.17. The standard InChI is InChI=1S/C12H16BrFN2O/c13-5-3-1-2-4-6-16-12(17)10-7-11(14)9-15-8-10/h7-9H,1-6H2,(H,16,17). The number of hydrogen-bond acceptors (Lipinski definition) is 2. The zero-order valence-corrected chi connectivity index (χ0v) is 11.2. The fourth-order valence-corrected chi connectivity index (χ4v) is 1.81. The van der Waals surface area contributed by atoms with E-state index in [9.17, 15) is 9.18 Å². The van der Waals surface area contributed by atoms with Crippen LogP contribution in [-0.2, 0) is 0 Å². The topological polar surface area (TPSA) is 42.0 Å². The van der Waals surface area contributed by atoms with Crippen LogP contribution in [0, 0.1) is 5.82 Å². The summed E-state index contributed by atoms with van der Waals surface area (Å²) in [6.07, 6.45) is 6.79. The number of alkyl halides is 1. The maximum atomic E-state index is 12.8. The van der Waals surface area contributed by atoms with Crippen molar-refractivity contribution >= 4 is 21.8 Å². The van der Waals surface area contributed by atoms with E-state index in [-0.39, 0.29) is 11.5 Å². The highest BCUT2D eigenvalue weighted by Gasteiger charge is 2.05. The molecule has 1 aromatic heterocycles. The maximum absolute atomic E-state index is 12.8. The van der Waals surface area contributed by atoms with Crippen LogP contribution in [0.4, 0.5) is 4.39 Å². The number of rotatable bonds is 7. The summed E-state index contributed by atoms with van der Waals surface area (Å²) in [6.45, 7) is 0.623. The van der Waals surface area contributed by atoms with Gasteiger partial charge in [0.25, 0.3) is 5.91 Å². The van der Waals surface area contributed by atoms with E-state index in [1.807, 2.05) is 0 Å². The summed E-state index contributed by atoms with van der Waals surface area (Å²) in [7, 11) is 0. The third-order valence-corrected chi connectivity index (χ3v) is 2.87. The van der Waals surface area contributed by atoms with Gasteiger partial charge in [-0.05, 0) is 18.9 Å². The number of unbranched alkanes of at least 4 members (excludes halogenated alkanes) is 3. The van der Waals surface area contributed by atoms with Gasteiger partial charge in [-0.25, -0.2) is 4.39 Å². The number of carbonyl (C=O) groups is 1. The van der Waals surface area contributed by atoms with E-state index in [0.29, 0.717) is 6.54 Å². The van der Waals surface area contributed by atoms with Crippen LogP contribution in [0.25, 0.3) is 0 Å². The van der Waals surface area contributed by atoms with E-state index >= 15 is 0 Å². The Hall–Kier alpha value is -0.970. The largest absolute Gasteiger partial charge is 0.352 e. The summed E-state index contributed by atoms with van der Waals surface area (Å²) < 4.78 is 12.8. The Labute approximate surface area is 109 Å². The molecule has 0 unspecified atom stereocenters. The molecule has 0 bridgehead atoms. The quantitative estimate of drug-likeness (QED) is 0.621. The van der Waals surface area contributed by atoms with Gasteiger partial charge in [0.05, 0.1) is 11.8 Å². The first kappa shape index (κ1) is 14.1. The van der Waals surface area contributed by atoms with Crippen LogP contribution < -0.4 is 5.32 Å². The fraction of sp³-hybridized carbons (Fsp3) is 0.500. The molecule has 17 heavy (non-hydrogen) atoms. The molecule has 0 aliphatic heterocycles. The van der Waals surface area contributed by atoms with Gasteiger partial charge in [0.15, 0.2) is 0 Å². The second-order valence-corrected chi connectivity index (χ2v) is 4.54. The summed E-state index contributed by atoms with van der Waals surface area (Å²) in [6, 6.07) is 1.19. The predicted octanol–water partition coefficient (Wildman–Crippen LogP) is 2.91. The molecule has 1 amide bonds. The van der Waals surface area contributed by atoms with Crippen molar-refractivity contribution in [3.05, 3.63) is 29.8 Å². The van der Waals surface area contributed by atoms with Crippen LogP contribution in [0.5, 0.6) is 0 Å². The fourth-order valence-electron chi connectivity index (χ4n) is 1.41. The molecule has 0 aliphatic carbocycles. The van der Waals surface area contributed by atoms with Crippen LogP contribution >= 0.6 is 15.9 Å². The Kier molecular flexibility index (Phi) is 6.77. The van der Waals surface area contributed by atoms with Gasteiger partial charge in [0.2, 0.25) is 0 Å². The molecule has 0 saturated carbocycles. The van der Waals surface area contributed by atoms with Crippen molar-refractivity contribution in [2.24, 2.45) is 0 Å². The molecule has 0 radical (unpaired) electrons. The molecular weight excluding hydrogens is 287 g/mol. The molecule has 0 aliphatic rings. The van der Waals surface area contributed by atoms with E-state index in [2.05, 4.69) is 26.2 Å². The van der Waals surface area contributed by atoms with Crippen molar-refractivity contribution in [1.82, 2.24) is 10.3 Å². The number of halogens is 2. The van der Waals surface area contributed by atoms with Crippen LogP contribution in [0.2, 0.25) is 0 Å². The van der Waals surface area contributed by atoms with Crippen molar-refractivity contribution in [1.29, 1.82) is 0 Å². The van der Waals surface area contributed by atoms with E-state index < -0.39 is 5.82 Å². The van der Waals surface area contributed by atoms with Gasteiger partial charge in [0, 0.05) is 18.1 Å². The molecule has 3 nitrogen and oxygen atoms in total. The third kappa shape index (κ3) is 5.77. The van der Waals surface area contributed by atoms with Crippen molar-refractivity contribution in [2.45, 2.75) is 25.7 Å². The molecule has 94 valence electrons. The molecule has 5 heteroatoms. The first-order valence-corrected chi connectivity index (χ1v) is 6.81. The van der Waals surface area contributed by atoms with Gasteiger partial charge < -0.3 is 5.32 Å². The number of pyridine rings is 1. The minimum Gasteiger partial charge on any atom is -0.352 e. The zero-order chi connectivity index (χ0) is 12.5. The monoisotopic (exact) mass is 302 g/mol. The number of nitrogens with one attached hydrogen (secondary N) is 1. The van der Waals surface area contributed by atoms with Crippen molar-refractivity contribution < 1.29 is 9.18 Å². The lowest BCUT2D eigenvalue weighted by Crippen LogP contribution is -2.24. The van der Waals surface area contributed by atoms with Crippen LogP contribution in [-0.4, -0.2) is 22.8 Å². The number of hydrogen-bond donors (Lipinski definition) is 1. The van der Waals surface area contributed by atoms with Gasteiger partial charge in [-0.15, -0.1) is 0 Å². The minimum absolute atomic E-state index is 0.266. The molecular formula is C12H16BrFN2O. The van der Waals surface area contributed by atoms with Crippen LogP contribution in [0.15, 0.2) is 18.5 Å². The molecule has 0 atom stereocenters. The average Bonchev–Trinajstić information content (AvgIpc) is 2.33. The number of amides is 1. The van der Waals surface area contributed by atoms with Gasteiger partial charge in [-0.2, -0.15) is 0 Å². The zero-order valence-electron chi connectivity index (χ0n) is 9.59. The molecule has 0 aromatic carbocycles. The van der Waals surface area contributed by atoms with Gasteiger partial charge in [-0.1, -0.05) is 28.8 Å². The lowest BCUT2D eigenvalue weighted by molar-refractivity contribution is 0.0952. The van der Waals surface area contributed by atoms with Gasteiger partial charge >= 0.3 is 0 Å². The molecule has 1 rings (SSSR count). The number of carbonyl (C=O) groups excluding carboxylic acids is 1. The predicted molar refractivity (Wildman–Crippen MR) is 68.8 cm³/mol. The molecule has 0 saturated heterocycles. The normalized spacial score (nSPS) is 10.2. The first-order chi connectivity index (χ1) is 8.24. The van der Waals surface area contributed by atoms with Gasteiger partial charge in [0.1, 0.15) is 5.82 Å². The molecule has 1 heterocycles. The molecule has 0 fully saturated rings. The van der Waals surface area contributed by atoms with E-state index in [4.69, 9.17) is 0 Å². The van der Waals surface area contributed by atoms with Gasteiger partial charge in [-0.3, -0.25) is 9.78 Å². The summed E-state index contributed by atoms with van der Waals surface area (Å²) in [5, 5.41) is 3.77. The minimum atomic E-state index is -0.491.